The fraction of sp³-hybridized carbons (Fsp3) is 0.333. The molecule has 0 aliphatic carbocycles. The van der Waals surface area contributed by atoms with Gasteiger partial charge >= 0.3 is 0 Å². The lowest BCUT2D eigenvalue weighted by molar-refractivity contribution is -0.118. The second kappa shape index (κ2) is 9.29. The lowest BCUT2D eigenvalue weighted by Gasteiger charge is -2.20. The number of nitrogens with zero attached hydrogens (tertiary/aromatic N) is 3. The summed E-state index contributed by atoms with van der Waals surface area (Å²) in [4.78, 5) is 22.6. The van der Waals surface area contributed by atoms with E-state index in [0.29, 0.717) is 13.0 Å². The molecule has 25 heavy (non-hydrogen) atoms. The van der Waals surface area contributed by atoms with Crippen LogP contribution >= 0.6 is 35.1 Å². The molecule has 3 aromatic rings. The monoisotopic (exact) mass is 395 g/mol. The van der Waals surface area contributed by atoms with Gasteiger partial charge in [-0.3, -0.25) is 9.69 Å². The van der Waals surface area contributed by atoms with Crippen LogP contribution in [-0.4, -0.2) is 43.0 Å². The summed E-state index contributed by atoms with van der Waals surface area (Å²) in [6.07, 6.45) is 1.37. The maximum atomic E-state index is 12.8. The van der Waals surface area contributed by atoms with Gasteiger partial charge in [-0.15, -0.1) is 23.7 Å². The van der Waals surface area contributed by atoms with Crippen molar-refractivity contribution in [2.45, 2.75) is 12.8 Å². The molecule has 1 amide bonds. The Morgan fingerprint density at radius 3 is 2.60 bits per heavy atom. The van der Waals surface area contributed by atoms with Gasteiger partial charge in [-0.2, -0.15) is 0 Å². The highest BCUT2D eigenvalue weighted by Gasteiger charge is 2.20. The molecule has 0 aliphatic rings. The van der Waals surface area contributed by atoms with Crippen molar-refractivity contribution in [3.63, 3.8) is 0 Å². The number of carbonyl (C=O) groups excluding carboxylic acids is 1. The van der Waals surface area contributed by atoms with Gasteiger partial charge in [0, 0.05) is 11.4 Å². The summed E-state index contributed by atoms with van der Waals surface area (Å²) in [5.41, 5.74) is 0.957. The Morgan fingerprint density at radius 2 is 1.92 bits per heavy atom. The third kappa shape index (κ3) is 5.25. The SMILES string of the molecule is CN(C)CCCN(C(=O)Cc1cccs1)c1nc2ccccc2s1.Cl. The van der Waals surface area contributed by atoms with Crippen molar-refractivity contribution in [1.29, 1.82) is 0 Å². The van der Waals surface area contributed by atoms with E-state index < -0.39 is 0 Å². The third-order valence-corrected chi connectivity index (χ3v) is 5.64. The molecule has 2 aromatic heterocycles. The Kier molecular flexibility index (Phi) is 7.38. The quantitative estimate of drug-likeness (QED) is 0.598. The van der Waals surface area contributed by atoms with E-state index in [1.54, 1.807) is 22.7 Å². The van der Waals surface area contributed by atoms with Crippen LogP contribution in [-0.2, 0) is 11.2 Å². The second-order valence-corrected chi connectivity index (χ2v) is 7.96. The molecule has 0 N–H and O–H groups in total. The van der Waals surface area contributed by atoms with Crippen molar-refractivity contribution in [1.82, 2.24) is 9.88 Å². The van der Waals surface area contributed by atoms with Crippen LogP contribution in [0.5, 0.6) is 0 Å². The van der Waals surface area contributed by atoms with E-state index in [2.05, 4.69) is 30.0 Å². The lowest BCUT2D eigenvalue weighted by atomic mass is 10.3. The van der Waals surface area contributed by atoms with E-state index in [1.165, 1.54) is 0 Å². The molecule has 7 heteroatoms. The van der Waals surface area contributed by atoms with E-state index in [4.69, 9.17) is 0 Å². The van der Waals surface area contributed by atoms with E-state index in [1.807, 2.05) is 40.6 Å². The van der Waals surface area contributed by atoms with Crippen molar-refractivity contribution in [2.75, 3.05) is 32.1 Å². The summed E-state index contributed by atoms with van der Waals surface area (Å²) < 4.78 is 1.12. The second-order valence-electron chi connectivity index (χ2n) is 5.92. The maximum Gasteiger partial charge on any atom is 0.234 e. The number of amides is 1. The molecule has 0 fully saturated rings. The van der Waals surface area contributed by atoms with Crippen molar-refractivity contribution in [2.24, 2.45) is 0 Å². The molecule has 4 nitrogen and oxygen atoms in total. The average molecular weight is 396 g/mol. The summed E-state index contributed by atoms with van der Waals surface area (Å²) in [5.74, 6) is 0.121. The largest absolute Gasteiger partial charge is 0.309 e. The van der Waals surface area contributed by atoms with Gasteiger partial charge in [-0.25, -0.2) is 4.98 Å². The standard InChI is InChI=1S/C18H21N3OS2.ClH/c1-20(2)10-6-11-21(17(22)13-14-7-5-12-23-14)18-19-15-8-3-4-9-16(15)24-18;/h3-5,7-9,12H,6,10-11,13H2,1-2H3;1H. The molecule has 0 aliphatic heterocycles. The zero-order valence-electron chi connectivity index (χ0n) is 14.3. The molecule has 0 unspecified atom stereocenters. The number of rotatable bonds is 7. The molecule has 0 radical (unpaired) electrons. The topological polar surface area (TPSA) is 36.4 Å². The molecular formula is C18H22ClN3OS2. The number of anilines is 1. The molecule has 0 saturated heterocycles. The Bertz CT molecular complexity index is 769. The summed E-state index contributed by atoms with van der Waals surface area (Å²) in [5, 5.41) is 2.81. The Balaban J connectivity index is 0.00000225. The molecule has 0 bridgehead atoms. The van der Waals surface area contributed by atoms with Gasteiger partial charge in [-0.1, -0.05) is 29.5 Å². The normalized spacial score (nSPS) is 10.8. The highest BCUT2D eigenvalue weighted by molar-refractivity contribution is 7.22. The number of hydrogen-bond acceptors (Lipinski definition) is 5. The van der Waals surface area contributed by atoms with Gasteiger partial charge in [0.05, 0.1) is 16.6 Å². The predicted molar refractivity (Wildman–Crippen MR) is 110 cm³/mol. The summed E-state index contributed by atoms with van der Waals surface area (Å²) in [7, 11) is 4.10. The Labute approximate surface area is 162 Å². The molecule has 0 atom stereocenters. The number of thiazole rings is 1. The molecule has 134 valence electrons. The van der Waals surface area contributed by atoms with Gasteiger partial charge in [0.15, 0.2) is 5.13 Å². The van der Waals surface area contributed by atoms with Crippen molar-refractivity contribution >= 4 is 56.3 Å². The molecule has 1 aromatic carbocycles. The minimum atomic E-state index is 0. The van der Waals surface area contributed by atoms with Crippen LogP contribution in [0.1, 0.15) is 11.3 Å². The molecule has 2 heterocycles. The van der Waals surface area contributed by atoms with Crippen LogP contribution in [0.25, 0.3) is 10.2 Å². The average Bonchev–Trinajstić information content (AvgIpc) is 3.19. The van der Waals surface area contributed by atoms with Crippen LogP contribution in [0.3, 0.4) is 0 Å². The van der Waals surface area contributed by atoms with Gasteiger partial charge in [-0.05, 0) is 50.6 Å². The van der Waals surface area contributed by atoms with E-state index in [-0.39, 0.29) is 18.3 Å². The molecule has 0 spiro atoms. The molecule has 0 saturated carbocycles. The Morgan fingerprint density at radius 1 is 1.12 bits per heavy atom. The van der Waals surface area contributed by atoms with E-state index in [9.17, 15) is 4.79 Å². The number of halogens is 1. The van der Waals surface area contributed by atoms with E-state index in [0.717, 1.165) is 33.2 Å². The number of para-hydroxylation sites is 1. The summed E-state index contributed by atoms with van der Waals surface area (Å²) in [6, 6.07) is 12.0. The highest BCUT2D eigenvalue weighted by Crippen LogP contribution is 2.29. The van der Waals surface area contributed by atoms with Crippen LogP contribution in [0.15, 0.2) is 41.8 Å². The van der Waals surface area contributed by atoms with Crippen molar-refractivity contribution in [3.05, 3.63) is 46.7 Å². The minimum absolute atomic E-state index is 0. The van der Waals surface area contributed by atoms with Gasteiger partial charge < -0.3 is 4.90 Å². The first kappa shape index (κ1) is 19.8. The van der Waals surface area contributed by atoms with Crippen molar-refractivity contribution < 1.29 is 4.79 Å². The first-order valence-corrected chi connectivity index (χ1v) is 9.66. The molecular weight excluding hydrogens is 374 g/mol. The maximum absolute atomic E-state index is 12.8. The lowest BCUT2D eigenvalue weighted by Crippen LogP contribution is -2.34. The number of benzene rings is 1. The van der Waals surface area contributed by atoms with Crippen LogP contribution < -0.4 is 4.90 Å². The Hall–Kier alpha value is -1.47. The van der Waals surface area contributed by atoms with Crippen LogP contribution in [0.4, 0.5) is 5.13 Å². The fourth-order valence-electron chi connectivity index (χ4n) is 2.51. The number of carbonyl (C=O) groups is 1. The number of fused-ring (bicyclic) bond motifs is 1. The van der Waals surface area contributed by atoms with Gasteiger partial charge in [0.1, 0.15) is 0 Å². The zero-order chi connectivity index (χ0) is 16.9. The first-order valence-electron chi connectivity index (χ1n) is 7.96. The highest BCUT2D eigenvalue weighted by atomic mass is 35.5. The number of hydrogen-bond donors (Lipinski definition) is 0. The zero-order valence-corrected chi connectivity index (χ0v) is 16.8. The first-order chi connectivity index (χ1) is 11.6. The van der Waals surface area contributed by atoms with E-state index >= 15 is 0 Å². The van der Waals surface area contributed by atoms with Crippen LogP contribution in [0, 0.1) is 0 Å². The summed E-state index contributed by atoms with van der Waals surface area (Å²) >= 11 is 3.21. The fourth-order valence-corrected chi connectivity index (χ4v) is 4.21. The van der Waals surface area contributed by atoms with Gasteiger partial charge in [0.2, 0.25) is 5.91 Å². The minimum Gasteiger partial charge on any atom is -0.309 e. The third-order valence-electron chi connectivity index (χ3n) is 3.71. The number of aromatic nitrogens is 1. The smallest absolute Gasteiger partial charge is 0.234 e. The predicted octanol–water partition coefficient (Wildman–Crippen LogP) is 4.31. The van der Waals surface area contributed by atoms with Gasteiger partial charge in [0.25, 0.3) is 0 Å². The van der Waals surface area contributed by atoms with Crippen molar-refractivity contribution in [3.8, 4) is 0 Å². The number of thiophene rings is 1. The molecule has 3 rings (SSSR count). The van der Waals surface area contributed by atoms with Crippen LogP contribution in [0.2, 0.25) is 0 Å². The summed E-state index contributed by atoms with van der Waals surface area (Å²) in [6.45, 7) is 1.65.